The Morgan fingerprint density at radius 2 is 2.00 bits per heavy atom. The van der Waals surface area contributed by atoms with Crippen LogP contribution in [0.4, 0.5) is 5.13 Å². The topological polar surface area (TPSA) is 77.7 Å². The number of thiazole rings is 1. The highest BCUT2D eigenvalue weighted by atomic mass is 32.1. The van der Waals surface area contributed by atoms with Crippen molar-refractivity contribution < 1.29 is 10.2 Å². The van der Waals surface area contributed by atoms with E-state index in [1.54, 1.807) is 37.4 Å². The fourth-order valence-electron chi connectivity index (χ4n) is 1.16. The molecule has 2 aromatic rings. The molecule has 0 spiro atoms. The van der Waals surface area contributed by atoms with Gasteiger partial charge in [0.05, 0.1) is 11.1 Å². The quantitative estimate of drug-likeness (QED) is 0.576. The molecule has 1 heterocycles. The number of hydrogen-bond donors (Lipinski definition) is 3. The second kappa shape index (κ2) is 4.84. The fourth-order valence-corrected chi connectivity index (χ4v) is 1.82. The van der Waals surface area contributed by atoms with Crippen molar-refractivity contribution in [2.24, 2.45) is 5.10 Å². The smallest absolute Gasteiger partial charge is 0.226 e. The number of nitrogens with zero attached hydrogens (tertiary/aromatic N) is 2. The number of hydrazone groups is 1. The first-order valence-corrected chi connectivity index (χ1v) is 5.71. The zero-order valence-electron chi connectivity index (χ0n) is 9.08. The zero-order chi connectivity index (χ0) is 12.3. The molecule has 2 rings (SSSR count). The van der Waals surface area contributed by atoms with Crippen LogP contribution in [0, 0.1) is 6.92 Å². The minimum Gasteiger partial charge on any atom is -0.508 e. The minimum absolute atomic E-state index is 0.0253. The van der Waals surface area contributed by atoms with Crippen molar-refractivity contribution in [3.8, 4) is 11.6 Å². The lowest BCUT2D eigenvalue weighted by Crippen LogP contribution is -1.89. The first-order valence-electron chi connectivity index (χ1n) is 4.89. The molecular formula is C11H11N3O2S. The molecule has 1 aromatic carbocycles. The molecule has 3 N–H and O–H groups in total. The number of anilines is 1. The number of phenols is 1. The average Bonchev–Trinajstić information content (AvgIpc) is 2.61. The summed E-state index contributed by atoms with van der Waals surface area (Å²) in [7, 11) is 0. The number of nitrogens with one attached hydrogen (secondary N) is 1. The van der Waals surface area contributed by atoms with Gasteiger partial charge in [-0.1, -0.05) is 11.3 Å². The van der Waals surface area contributed by atoms with Crippen LogP contribution in [-0.4, -0.2) is 21.4 Å². The van der Waals surface area contributed by atoms with Crippen LogP contribution in [0.25, 0.3) is 0 Å². The summed E-state index contributed by atoms with van der Waals surface area (Å²) in [5.41, 5.74) is 3.58. The minimum atomic E-state index is 0.0253. The van der Waals surface area contributed by atoms with Gasteiger partial charge in [-0.15, -0.1) is 0 Å². The van der Waals surface area contributed by atoms with Gasteiger partial charge in [0.1, 0.15) is 5.75 Å². The van der Waals surface area contributed by atoms with Crippen LogP contribution in [0.3, 0.4) is 0 Å². The highest BCUT2D eigenvalue weighted by molar-refractivity contribution is 7.15. The van der Waals surface area contributed by atoms with Gasteiger partial charge in [-0.25, -0.2) is 0 Å². The van der Waals surface area contributed by atoms with Crippen molar-refractivity contribution in [2.45, 2.75) is 6.92 Å². The summed E-state index contributed by atoms with van der Waals surface area (Å²) in [6.07, 6.45) is 1.60. The first kappa shape index (κ1) is 11.4. The van der Waals surface area contributed by atoms with Crippen LogP contribution in [0.5, 0.6) is 11.6 Å². The Balaban J connectivity index is 2.00. The molecule has 0 bridgehead atoms. The summed E-state index contributed by atoms with van der Waals surface area (Å²) in [5, 5.41) is 22.9. The SMILES string of the molecule is Cc1sc(N/N=C/c2ccc(O)cc2)nc1O. The lowest BCUT2D eigenvalue weighted by atomic mass is 10.2. The first-order chi connectivity index (χ1) is 8.15. The summed E-state index contributed by atoms with van der Waals surface area (Å²) in [6.45, 7) is 1.78. The molecule has 88 valence electrons. The molecule has 0 fully saturated rings. The Bertz CT molecular complexity index is 515. The third kappa shape index (κ3) is 2.94. The largest absolute Gasteiger partial charge is 0.508 e. The van der Waals surface area contributed by atoms with Gasteiger partial charge in [0.15, 0.2) is 0 Å². The van der Waals surface area contributed by atoms with E-state index in [0.717, 1.165) is 10.4 Å². The lowest BCUT2D eigenvalue weighted by Gasteiger charge is -1.94. The summed E-state index contributed by atoms with van der Waals surface area (Å²) in [5.74, 6) is 0.243. The normalized spacial score (nSPS) is 10.9. The molecule has 17 heavy (non-hydrogen) atoms. The summed E-state index contributed by atoms with van der Waals surface area (Å²) in [6, 6.07) is 6.65. The van der Waals surface area contributed by atoms with Gasteiger partial charge in [0.25, 0.3) is 0 Å². The van der Waals surface area contributed by atoms with Gasteiger partial charge in [-0.2, -0.15) is 10.1 Å². The molecule has 0 aliphatic heterocycles. The predicted octanol–water partition coefficient (Wildman–Crippen LogP) is 2.31. The van der Waals surface area contributed by atoms with Crippen molar-refractivity contribution in [1.82, 2.24) is 4.98 Å². The molecule has 6 heteroatoms. The Hall–Kier alpha value is -2.08. The zero-order valence-corrected chi connectivity index (χ0v) is 9.90. The van der Waals surface area contributed by atoms with Crippen molar-refractivity contribution >= 4 is 22.7 Å². The summed E-state index contributed by atoms with van der Waals surface area (Å²) in [4.78, 5) is 4.61. The highest BCUT2D eigenvalue weighted by Crippen LogP contribution is 2.26. The van der Waals surface area contributed by atoms with E-state index in [2.05, 4.69) is 15.5 Å². The molecule has 0 saturated carbocycles. The maximum Gasteiger partial charge on any atom is 0.226 e. The number of aryl methyl sites for hydroxylation is 1. The van der Waals surface area contributed by atoms with Gasteiger partial charge in [-0.3, -0.25) is 5.43 Å². The van der Waals surface area contributed by atoms with Gasteiger partial charge >= 0.3 is 0 Å². The molecule has 0 aliphatic rings. The monoisotopic (exact) mass is 249 g/mol. The molecule has 0 radical (unpaired) electrons. The Morgan fingerprint density at radius 3 is 2.59 bits per heavy atom. The highest BCUT2D eigenvalue weighted by Gasteiger charge is 2.03. The lowest BCUT2D eigenvalue weighted by molar-refractivity contribution is 0.454. The van der Waals surface area contributed by atoms with Crippen molar-refractivity contribution in [1.29, 1.82) is 0 Å². The van der Waals surface area contributed by atoms with E-state index in [9.17, 15) is 5.11 Å². The van der Waals surface area contributed by atoms with Gasteiger partial charge in [0, 0.05) is 0 Å². The van der Waals surface area contributed by atoms with E-state index in [0.29, 0.717) is 5.13 Å². The summed E-state index contributed by atoms with van der Waals surface area (Å²) < 4.78 is 0. The average molecular weight is 249 g/mol. The maximum absolute atomic E-state index is 9.27. The number of phenolic OH excluding ortho intramolecular Hbond substituents is 1. The van der Waals surface area contributed by atoms with Crippen molar-refractivity contribution in [3.63, 3.8) is 0 Å². The third-order valence-corrected chi connectivity index (χ3v) is 2.90. The molecule has 5 nitrogen and oxygen atoms in total. The van der Waals surface area contributed by atoms with E-state index in [4.69, 9.17) is 5.11 Å². The second-order valence-corrected chi connectivity index (χ2v) is 4.56. The van der Waals surface area contributed by atoms with Crippen LogP contribution in [0.1, 0.15) is 10.4 Å². The molecule has 0 unspecified atom stereocenters. The van der Waals surface area contributed by atoms with E-state index in [-0.39, 0.29) is 11.6 Å². The summed E-state index contributed by atoms with van der Waals surface area (Å²) >= 11 is 1.33. The fraction of sp³-hybridized carbons (Fsp3) is 0.0909. The molecule has 0 saturated heterocycles. The van der Waals surface area contributed by atoms with Crippen LogP contribution in [0.2, 0.25) is 0 Å². The van der Waals surface area contributed by atoms with Crippen LogP contribution >= 0.6 is 11.3 Å². The molecular weight excluding hydrogens is 238 g/mol. The van der Waals surface area contributed by atoms with E-state index in [1.165, 1.54) is 11.3 Å². The third-order valence-electron chi connectivity index (χ3n) is 2.04. The van der Waals surface area contributed by atoms with E-state index in [1.807, 2.05) is 0 Å². The van der Waals surface area contributed by atoms with Crippen molar-refractivity contribution in [3.05, 3.63) is 34.7 Å². The number of rotatable bonds is 3. The van der Waals surface area contributed by atoms with Crippen LogP contribution in [-0.2, 0) is 0 Å². The van der Waals surface area contributed by atoms with Crippen molar-refractivity contribution in [2.75, 3.05) is 5.43 Å². The number of hydrogen-bond acceptors (Lipinski definition) is 6. The van der Waals surface area contributed by atoms with Gasteiger partial charge in [0.2, 0.25) is 11.0 Å². The van der Waals surface area contributed by atoms with Crippen LogP contribution < -0.4 is 5.43 Å². The Labute approximate surface area is 102 Å². The second-order valence-electron chi connectivity index (χ2n) is 3.36. The number of aromatic nitrogens is 1. The molecule has 1 aromatic heterocycles. The standard InChI is InChI=1S/C11H11N3O2S/c1-7-10(16)13-11(17-7)14-12-6-8-2-4-9(15)5-3-8/h2-6,15-16H,1H3,(H,13,14)/b12-6+. The predicted molar refractivity (Wildman–Crippen MR) is 67.8 cm³/mol. The van der Waals surface area contributed by atoms with Gasteiger partial charge in [-0.05, 0) is 36.8 Å². The number of aromatic hydroxyl groups is 2. The van der Waals surface area contributed by atoms with E-state index < -0.39 is 0 Å². The number of benzene rings is 1. The molecule has 0 amide bonds. The molecule has 0 aliphatic carbocycles. The maximum atomic E-state index is 9.27. The van der Waals surface area contributed by atoms with E-state index >= 15 is 0 Å². The van der Waals surface area contributed by atoms with Gasteiger partial charge < -0.3 is 10.2 Å². The van der Waals surface area contributed by atoms with Crippen LogP contribution in [0.15, 0.2) is 29.4 Å². The Kier molecular flexibility index (Phi) is 3.24. The Morgan fingerprint density at radius 1 is 1.29 bits per heavy atom. The molecule has 0 atom stereocenters.